The van der Waals surface area contributed by atoms with Gasteiger partial charge in [0.25, 0.3) is 5.69 Å². The summed E-state index contributed by atoms with van der Waals surface area (Å²) in [4.78, 5) is 19.9. The maximum Gasteiger partial charge on any atom is 0.269 e. The minimum atomic E-state index is -0.330. The van der Waals surface area contributed by atoms with Crippen molar-refractivity contribution in [2.24, 2.45) is 0 Å². The lowest BCUT2D eigenvalue weighted by Gasteiger charge is -2.28. The summed E-state index contributed by atoms with van der Waals surface area (Å²) in [6, 6.07) is 5.19. The smallest absolute Gasteiger partial charge is 0.269 e. The van der Waals surface area contributed by atoms with Crippen LogP contribution >= 0.6 is 0 Å². The number of aromatic nitrogens is 2. The van der Waals surface area contributed by atoms with Crippen LogP contribution in [0.25, 0.3) is 0 Å². The molecule has 3 rings (SSSR count). The Hall–Kier alpha value is -2.21. The van der Waals surface area contributed by atoms with Crippen LogP contribution in [0.4, 0.5) is 5.69 Å². The maximum absolute atomic E-state index is 10.8. The second kappa shape index (κ2) is 5.42. The fraction of sp³-hybridized carbons (Fsp3) is 0.357. The molecule has 0 bridgehead atoms. The van der Waals surface area contributed by atoms with Gasteiger partial charge in [-0.05, 0) is 17.5 Å². The molecule has 1 aliphatic heterocycles. The number of non-ortho nitro benzene ring substituents is 1. The highest BCUT2D eigenvalue weighted by molar-refractivity contribution is 5.41. The van der Waals surface area contributed by atoms with E-state index in [4.69, 9.17) is 0 Å². The van der Waals surface area contributed by atoms with Crippen molar-refractivity contribution in [1.82, 2.24) is 14.9 Å². The summed E-state index contributed by atoms with van der Waals surface area (Å²) < 4.78 is 0. The Morgan fingerprint density at radius 1 is 1.40 bits per heavy atom. The number of nitro groups is 1. The lowest BCUT2D eigenvalue weighted by Crippen LogP contribution is -2.32. The number of nitrogens with one attached hydrogen (secondary N) is 1. The Bertz CT molecular complexity index is 610. The normalized spacial score (nSPS) is 15.0. The highest BCUT2D eigenvalue weighted by Crippen LogP contribution is 2.23. The van der Waals surface area contributed by atoms with Crippen molar-refractivity contribution in [2.75, 3.05) is 13.1 Å². The van der Waals surface area contributed by atoms with Crippen molar-refractivity contribution < 1.29 is 4.92 Å². The van der Waals surface area contributed by atoms with Crippen LogP contribution in [-0.2, 0) is 19.4 Å². The van der Waals surface area contributed by atoms with E-state index >= 15 is 0 Å². The fourth-order valence-electron chi connectivity index (χ4n) is 2.61. The first-order chi connectivity index (χ1) is 9.72. The van der Waals surface area contributed by atoms with Gasteiger partial charge in [-0.1, -0.05) is 6.07 Å². The largest absolute Gasteiger partial charge is 0.348 e. The minimum Gasteiger partial charge on any atom is -0.348 e. The molecule has 2 heterocycles. The van der Waals surface area contributed by atoms with Crippen molar-refractivity contribution in [3.63, 3.8) is 0 Å². The maximum atomic E-state index is 10.8. The van der Waals surface area contributed by atoms with Gasteiger partial charge >= 0.3 is 0 Å². The monoisotopic (exact) mass is 272 g/mol. The van der Waals surface area contributed by atoms with Gasteiger partial charge in [-0.25, -0.2) is 4.98 Å². The number of nitro benzene ring substituents is 1. The van der Waals surface area contributed by atoms with Gasteiger partial charge in [0, 0.05) is 50.1 Å². The van der Waals surface area contributed by atoms with Crippen LogP contribution in [0, 0.1) is 10.1 Å². The molecule has 0 fully saturated rings. The SMILES string of the molecule is O=[N+]([O-])c1ccc2c(c1)CN(CCc1cnc[nH]1)CC2. The third kappa shape index (κ3) is 2.70. The third-order valence-electron chi connectivity index (χ3n) is 3.74. The molecule has 0 spiro atoms. The average Bonchev–Trinajstić information content (AvgIpc) is 2.97. The predicted octanol–water partition coefficient (Wildman–Crippen LogP) is 1.92. The molecule has 0 radical (unpaired) electrons. The fourth-order valence-corrected chi connectivity index (χ4v) is 2.61. The van der Waals surface area contributed by atoms with E-state index < -0.39 is 0 Å². The summed E-state index contributed by atoms with van der Waals surface area (Å²) >= 11 is 0. The molecule has 104 valence electrons. The number of hydrogen-bond acceptors (Lipinski definition) is 4. The van der Waals surface area contributed by atoms with Crippen molar-refractivity contribution >= 4 is 5.69 Å². The Kier molecular flexibility index (Phi) is 3.47. The summed E-state index contributed by atoms with van der Waals surface area (Å²) in [6.07, 6.45) is 5.40. The van der Waals surface area contributed by atoms with E-state index in [2.05, 4.69) is 14.9 Å². The summed E-state index contributed by atoms with van der Waals surface area (Å²) in [5, 5.41) is 10.8. The first kappa shape index (κ1) is 12.8. The van der Waals surface area contributed by atoms with E-state index in [-0.39, 0.29) is 10.6 Å². The van der Waals surface area contributed by atoms with Crippen molar-refractivity contribution in [2.45, 2.75) is 19.4 Å². The highest BCUT2D eigenvalue weighted by atomic mass is 16.6. The molecule has 6 nitrogen and oxygen atoms in total. The lowest BCUT2D eigenvalue weighted by atomic mass is 9.99. The summed E-state index contributed by atoms with van der Waals surface area (Å²) in [7, 11) is 0. The highest BCUT2D eigenvalue weighted by Gasteiger charge is 2.18. The second-order valence-corrected chi connectivity index (χ2v) is 5.06. The molecule has 0 unspecified atom stereocenters. The van der Waals surface area contributed by atoms with Gasteiger partial charge < -0.3 is 4.98 Å². The van der Waals surface area contributed by atoms with Crippen LogP contribution in [-0.4, -0.2) is 32.9 Å². The molecule has 1 aliphatic rings. The predicted molar refractivity (Wildman–Crippen MR) is 74.4 cm³/mol. The average molecular weight is 272 g/mol. The molecule has 1 aromatic carbocycles. The zero-order chi connectivity index (χ0) is 13.9. The molecule has 0 aliphatic carbocycles. The van der Waals surface area contributed by atoms with E-state index in [1.807, 2.05) is 12.3 Å². The molecule has 0 saturated heterocycles. The molecule has 0 saturated carbocycles. The van der Waals surface area contributed by atoms with Gasteiger partial charge in [-0.3, -0.25) is 15.0 Å². The van der Waals surface area contributed by atoms with Crippen LogP contribution < -0.4 is 0 Å². The first-order valence-electron chi connectivity index (χ1n) is 6.68. The number of imidazole rings is 1. The van der Waals surface area contributed by atoms with Crippen LogP contribution in [0.15, 0.2) is 30.7 Å². The zero-order valence-corrected chi connectivity index (χ0v) is 11.1. The van der Waals surface area contributed by atoms with Crippen molar-refractivity contribution in [3.8, 4) is 0 Å². The molecular formula is C14H16N4O2. The second-order valence-electron chi connectivity index (χ2n) is 5.06. The summed E-state index contributed by atoms with van der Waals surface area (Å²) in [6.45, 7) is 2.72. The van der Waals surface area contributed by atoms with Gasteiger partial charge in [-0.15, -0.1) is 0 Å². The van der Waals surface area contributed by atoms with E-state index in [0.29, 0.717) is 0 Å². The van der Waals surface area contributed by atoms with E-state index in [0.717, 1.165) is 43.7 Å². The molecule has 0 amide bonds. The van der Waals surface area contributed by atoms with Crippen LogP contribution in [0.1, 0.15) is 16.8 Å². The van der Waals surface area contributed by atoms with Crippen LogP contribution in [0.2, 0.25) is 0 Å². The molecule has 6 heteroatoms. The van der Waals surface area contributed by atoms with Gasteiger partial charge in [0.05, 0.1) is 11.3 Å². The molecule has 20 heavy (non-hydrogen) atoms. The topological polar surface area (TPSA) is 75.1 Å². The van der Waals surface area contributed by atoms with Gasteiger partial charge in [0.2, 0.25) is 0 Å². The van der Waals surface area contributed by atoms with Crippen LogP contribution in [0.5, 0.6) is 0 Å². The van der Waals surface area contributed by atoms with E-state index in [1.165, 1.54) is 5.56 Å². The number of H-pyrrole nitrogens is 1. The standard InChI is InChI=1S/C14H16N4O2/c19-18(20)14-2-1-11-3-5-17(9-12(11)7-14)6-4-13-8-15-10-16-13/h1-2,7-8,10H,3-6,9H2,(H,15,16). The number of benzene rings is 1. The summed E-state index contributed by atoms with van der Waals surface area (Å²) in [5.41, 5.74) is 3.61. The van der Waals surface area contributed by atoms with Crippen molar-refractivity contribution in [3.05, 3.63) is 57.7 Å². The number of fused-ring (bicyclic) bond motifs is 1. The Morgan fingerprint density at radius 2 is 2.30 bits per heavy atom. The molecule has 0 atom stereocenters. The van der Waals surface area contributed by atoms with Gasteiger partial charge in [-0.2, -0.15) is 0 Å². The molecular weight excluding hydrogens is 256 g/mol. The molecule has 2 aromatic rings. The minimum absolute atomic E-state index is 0.180. The zero-order valence-electron chi connectivity index (χ0n) is 11.1. The quantitative estimate of drug-likeness (QED) is 0.681. The Morgan fingerprint density at radius 3 is 3.05 bits per heavy atom. The molecule has 1 aromatic heterocycles. The Balaban J connectivity index is 1.67. The number of rotatable bonds is 4. The lowest BCUT2D eigenvalue weighted by molar-refractivity contribution is -0.385. The number of nitrogens with zero attached hydrogens (tertiary/aromatic N) is 3. The summed E-state index contributed by atoms with van der Waals surface area (Å²) in [5.74, 6) is 0. The number of hydrogen-bond donors (Lipinski definition) is 1. The van der Waals surface area contributed by atoms with E-state index in [1.54, 1.807) is 18.5 Å². The van der Waals surface area contributed by atoms with Gasteiger partial charge in [0.1, 0.15) is 0 Å². The molecule has 1 N–H and O–H groups in total. The first-order valence-corrected chi connectivity index (χ1v) is 6.68. The van der Waals surface area contributed by atoms with Gasteiger partial charge in [0.15, 0.2) is 0 Å². The Labute approximate surface area is 116 Å². The van der Waals surface area contributed by atoms with Crippen LogP contribution in [0.3, 0.4) is 0 Å². The van der Waals surface area contributed by atoms with Crippen molar-refractivity contribution in [1.29, 1.82) is 0 Å². The third-order valence-corrected chi connectivity index (χ3v) is 3.74. The number of aromatic amines is 1. The van der Waals surface area contributed by atoms with E-state index in [9.17, 15) is 10.1 Å².